The van der Waals surface area contributed by atoms with E-state index in [1.807, 2.05) is 34.9 Å². The third-order valence-electron chi connectivity index (χ3n) is 3.34. The maximum absolute atomic E-state index is 9.30. The van der Waals surface area contributed by atoms with Gasteiger partial charge in [0.25, 0.3) is 0 Å². The number of aliphatic hydroxyl groups excluding tert-OH is 1. The highest BCUT2D eigenvalue weighted by molar-refractivity contribution is 6.31. The molecule has 0 aliphatic rings. The fourth-order valence-electron chi connectivity index (χ4n) is 2.35. The van der Waals surface area contributed by atoms with E-state index in [0.29, 0.717) is 11.6 Å². The lowest BCUT2D eigenvalue weighted by Gasteiger charge is -2.07. The number of rotatable bonds is 3. The molecule has 3 aromatic rings. The molecule has 0 aliphatic heterocycles. The molecule has 0 aliphatic carbocycles. The number of halogens is 1. The van der Waals surface area contributed by atoms with Crippen LogP contribution in [0.1, 0.15) is 5.56 Å². The van der Waals surface area contributed by atoms with Crippen molar-refractivity contribution < 1.29 is 5.11 Å². The third kappa shape index (κ3) is 2.30. The van der Waals surface area contributed by atoms with Gasteiger partial charge in [0.2, 0.25) is 0 Å². The minimum atomic E-state index is 0.0663. The van der Waals surface area contributed by atoms with Gasteiger partial charge in [0.1, 0.15) is 5.82 Å². The third-order valence-corrected chi connectivity index (χ3v) is 3.58. The normalized spacial score (nSPS) is 11.2. The zero-order valence-electron chi connectivity index (χ0n) is 11.2. The van der Waals surface area contributed by atoms with Crippen LogP contribution in [0.15, 0.2) is 42.5 Å². The van der Waals surface area contributed by atoms with Gasteiger partial charge in [-0.25, -0.2) is 4.98 Å². The molecule has 1 aromatic heterocycles. The van der Waals surface area contributed by atoms with Crippen LogP contribution in [0.4, 0.5) is 0 Å². The average molecular weight is 287 g/mol. The van der Waals surface area contributed by atoms with Crippen LogP contribution in [0.25, 0.3) is 22.4 Å². The summed E-state index contributed by atoms with van der Waals surface area (Å²) in [5, 5.41) is 9.97. The van der Waals surface area contributed by atoms with Gasteiger partial charge in [-0.1, -0.05) is 41.4 Å². The molecular weight excluding hydrogens is 272 g/mol. The van der Waals surface area contributed by atoms with Crippen LogP contribution in [-0.4, -0.2) is 21.3 Å². The summed E-state index contributed by atoms with van der Waals surface area (Å²) in [7, 11) is 0. The second-order valence-electron chi connectivity index (χ2n) is 4.81. The lowest BCUT2D eigenvalue weighted by Crippen LogP contribution is -2.04. The molecule has 0 saturated heterocycles. The highest BCUT2D eigenvalue weighted by Crippen LogP contribution is 2.27. The van der Waals surface area contributed by atoms with Crippen molar-refractivity contribution in [2.45, 2.75) is 13.5 Å². The molecule has 2 aromatic carbocycles. The minimum Gasteiger partial charge on any atom is -0.395 e. The predicted molar refractivity (Wildman–Crippen MR) is 82.0 cm³/mol. The summed E-state index contributed by atoms with van der Waals surface area (Å²) in [6.45, 7) is 2.62. The summed E-state index contributed by atoms with van der Waals surface area (Å²) >= 11 is 6.06. The highest BCUT2D eigenvalue weighted by atomic mass is 35.5. The number of aryl methyl sites for hydroxylation is 1. The van der Waals surface area contributed by atoms with E-state index < -0.39 is 0 Å². The van der Waals surface area contributed by atoms with Gasteiger partial charge in [-0.05, 0) is 25.1 Å². The van der Waals surface area contributed by atoms with Crippen molar-refractivity contribution >= 4 is 22.6 Å². The molecule has 0 unspecified atom stereocenters. The van der Waals surface area contributed by atoms with Gasteiger partial charge in [-0.3, -0.25) is 0 Å². The van der Waals surface area contributed by atoms with Crippen LogP contribution < -0.4 is 0 Å². The number of nitrogens with zero attached hydrogens (tertiary/aromatic N) is 2. The predicted octanol–water partition coefficient (Wildman–Crippen LogP) is 3.66. The molecule has 4 heteroatoms. The first-order valence-electron chi connectivity index (χ1n) is 6.53. The maximum Gasteiger partial charge on any atom is 0.141 e. The first-order chi connectivity index (χ1) is 9.69. The van der Waals surface area contributed by atoms with Gasteiger partial charge < -0.3 is 9.67 Å². The maximum atomic E-state index is 9.30. The van der Waals surface area contributed by atoms with E-state index in [4.69, 9.17) is 11.6 Å². The molecule has 0 spiro atoms. The van der Waals surface area contributed by atoms with Gasteiger partial charge in [0.15, 0.2) is 0 Å². The lowest BCUT2D eigenvalue weighted by molar-refractivity contribution is 0.278. The summed E-state index contributed by atoms with van der Waals surface area (Å²) in [6.07, 6.45) is 0. The molecule has 0 fully saturated rings. The topological polar surface area (TPSA) is 38.0 Å². The van der Waals surface area contributed by atoms with E-state index in [0.717, 1.165) is 22.4 Å². The van der Waals surface area contributed by atoms with Gasteiger partial charge >= 0.3 is 0 Å². The first-order valence-corrected chi connectivity index (χ1v) is 6.90. The summed E-state index contributed by atoms with van der Waals surface area (Å²) in [4.78, 5) is 4.67. The summed E-state index contributed by atoms with van der Waals surface area (Å²) < 4.78 is 2.01. The van der Waals surface area contributed by atoms with Crippen molar-refractivity contribution in [2.24, 2.45) is 0 Å². The summed E-state index contributed by atoms with van der Waals surface area (Å²) in [6, 6.07) is 13.8. The number of imidazole rings is 1. The molecule has 1 N–H and O–H groups in total. The van der Waals surface area contributed by atoms with Crippen LogP contribution in [0, 0.1) is 6.92 Å². The molecule has 1 heterocycles. The Hall–Kier alpha value is -1.84. The van der Waals surface area contributed by atoms with E-state index in [9.17, 15) is 5.11 Å². The number of benzene rings is 2. The van der Waals surface area contributed by atoms with Gasteiger partial charge in [-0.15, -0.1) is 0 Å². The number of hydrogen-bond donors (Lipinski definition) is 1. The van der Waals surface area contributed by atoms with Crippen molar-refractivity contribution in [2.75, 3.05) is 6.61 Å². The molecule has 0 bridgehead atoms. The van der Waals surface area contributed by atoms with Crippen LogP contribution >= 0.6 is 11.6 Å². The molecule has 0 radical (unpaired) electrons. The molecule has 102 valence electrons. The first kappa shape index (κ1) is 13.2. The van der Waals surface area contributed by atoms with Crippen molar-refractivity contribution in [3.05, 3.63) is 53.1 Å². The van der Waals surface area contributed by atoms with Crippen LogP contribution in [0.5, 0.6) is 0 Å². The summed E-state index contributed by atoms with van der Waals surface area (Å²) in [5.74, 6) is 0.858. The Kier molecular flexibility index (Phi) is 3.47. The van der Waals surface area contributed by atoms with E-state index in [1.54, 1.807) is 0 Å². The minimum absolute atomic E-state index is 0.0663. The Morgan fingerprint density at radius 3 is 2.60 bits per heavy atom. The van der Waals surface area contributed by atoms with Crippen molar-refractivity contribution in [1.29, 1.82) is 0 Å². The van der Waals surface area contributed by atoms with E-state index in [1.165, 1.54) is 5.56 Å². The van der Waals surface area contributed by atoms with Gasteiger partial charge in [0.05, 0.1) is 17.6 Å². The summed E-state index contributed by atoms with van der Waals surface area (Å²) in [5.41, 5.74) is 4.08. The second kappa shape index (κ2) is 5.27. The van der Waals surface area contributed by atoms with Crippen molar-refractivity contribution in [3.63, 3.8) is 0 Å². The van der Waals surface area contributed by atoms with E-state index in [2.05, 4.69) is 24.0 Å². The molecule has 0 saturated carbocycles. The fraction of sp³-hybridized carbons (Fsp3) is 0.188. The number of aromatic nitrogens is 2. The number of hydrogen-bond acceptors (Lipinski definition) is 2. The smallest absolute Gasteiger partial charge is 0.141 e. The van der Waals surface area contributed by atoms with E-state index >= 15 is 0 Å². The molecule has 3 rings (SSSR count). The SMILES string of the molecule is Cc1ccc(-c2nc3ccc(Cl)cc3n2CCO)cc1. The van der Waals surface area contributed by atoms with Crippen molar-refractivity contribution in [1.82, 2.24) is 9.55 Å². The lowest BCUT2D eigenvalue weighted by atomic mass is 10.1. The Labute approximate surface area is 122 Å². The molecule has 0 amide bonds. The van der Waals surface area contributed by atoms with Crippen LogP contribution in [-0.2, 0) is 6.54 Å². The Bertz CT molecular complexity index is 747. The van der Waals surface area contributed by atoms with E-state index in [-0.39, 0.29) is 6.61 Å². The van der Waals surface area contributed by atoms with Crippen LogP contribution in [0.2, 0.25) is 5.02 Å². The van der Waals surface area contributed by atoms with Gasteiger partial charge in [-0.2, -0.15) is 0 Å². The second-order valence-corrected chi connectivity index (χ2v) is 5.25. The fourth-order valence-corrected chi connectivity index (χ4v) is 2.51. The molecular formula is C16H15ClN2O. The highest BCUT2D eigenvalue weighted by Gasteiger charge is 2.12. The quantitative estimate of drug-likeness (QED) is 0.798. The Morgan fingerprint density at radius 1 is 1.15 bits per heavy atom. The standard InChI is InChI=1S/C16H15ClN2O/c1-11-2-4-12(5-3-11)16-18-14-7-6-13(17)10-15(14)19(16)8-9-20/h2-7,10,20H,8-9H2,1H3. The van der Waals surface area contributed by atoms with Gasteiger partial charge in [0, 0.05) is 17.1 Å². The Balaban J connectivity index is 2.23. The molecule has 20 heavy (non-hydrogen) atoms. The monoisotopic (exact) mass is 286 g/mol. The largest absolute Gasteiger partial charge is 0.395 e. The van der Waals surface area contributed by atoms with Crippen molar-refractivity contribution in [3.8, 4) is 11.4 Å². The number of aliphatic hydroxyl groups is 1. The Morgan fingerprint density at radius 2 is 1.90 bits per heavy atom. The molecule has 0 atom stereocenters. The zero-order valence-corrected chi connectivity index (χ0v) is 11.9. The van der Waals surface area contributed by atoms with Crippen LogP contribution in [0.3, 0.4) is 0 Å². The molecule has 3 nitrogen and oxygen atoms in total. The zero-order chi connectivity index (χ0) is 14.1. The number of fused-ring (bicyclic) bond motifs is 1. The average Bonchev–Trinajstić information content (AvgIpc) is 2.79.